The van der Waals surface area contributed by atoms with Gasteiger partial charge < -0.3 is 9.30 Å². The molecule has 26 heavy (non-hydrogen) atoms. The Hall–Kier alpha value is -1.76. The summed E-state index contributed by atoms with van der Waals surface area (Å²) in [5, 5.41) is 0.681. The van der Waals surface area contributed by atoms with Gasteiger partial charge in [0.15, 0.2) is 4.80 Å². The van der Waals surface area contributed by atoms with Crippen molar-refractivity contribution in [2.75, 3.05) is 18.6 Å². The fourth-order valence-electron chi connectivity index (χ4n) is 2.54. The topological polar surface area (TPSA) is 43.6 Å². The lowest BCUT2D eigenvalue weighted by atomic mass is 10.2. The molecule has 136 valence electrons. The first-order valence-corrected chi connectivity index (χ1v) is 10.8. The lowest BCUT2D eigenvalue weighted by Crippen LogP contribution is -2.18. The number of amides is 1. The Morgan fingerprint density at radius 3 is 2.73 bits per heavy atom. The number of carbonyl (C=O) groups is 1. The number of aromatic nitrogens is 1. The third-order valence-electron chi connectivity index (χ3n) is 3.77. The van der Waals surface area contributed by atoms with Gasteiger partial charge in [-0.05, 0) is 55.6 Å². The van der Waals surface area contributed by atoms with Crippen LogP contribution < -0.4 is 9.54 Å². The number of nitrogens with zero attached hydrogens (tertiary/aromatic N) is 2. The minimum Gasteiger partial charge on any atom is -0.494 e. The first-order valence-electron chi connectivity index (χ1n) is 8.22. The van der Waals surface area contributed by atoms with Crippen molar-refractivity contribution in [2.45, 2.75) is 13.5 Å². The molecule has 0 fully saturated rings. The van der Waals surface area contributed by atoms with Crippen LogP contribution in [0.4, 0.5) is 0 Å². The molecule has 0 aliphatic carbocycles. The summed E-state index contributed by atoms with van der Waals surface area (Å²) in [5.74, 6) is 1.43. The Bertz CT molecular complexity index is 977. The Kier molecular flexibility index (Phi) is 6.40. The third-order valence-corrected chi connectivity index (χ3v) is 5.64. The van der Waals surface area contributed by atoms with Crippen LogP contribution in [0.2, 0.25) is 5.02 Å². The fourth-order valence-corrected chi connectivity index (χ4v) is 4.24. The van der Waals surface area contributed by atoms with Gasteiger partial charge in [-0.15, -0.1) is 0 Å². The molecule has 4 nitrogen and oxygen atoms in total. The van der Waals surface area contributed by atoms with Crippen LogP contribution in [-0.2, 0) is 6.54 Å². The standard InChI is InChI=1S/C19H19ClN2O2S2/c1-3-24-15-7-4-13(5-8-15)18(23)21-19-22(10-11-25-2)16-9-6-14(20)12-17(16)26-19/h4-9,12H,3,10-11H2,1-2H3. The highest BCUT2D eigenvalue weighted by Crippen LogP contribution is 2.22. The molecule has 0 N–H and O–H groups in total. The van der Waals surface area contributed by atoms with Crippen molar-refractivity contribution in [2.24, 2.45) is 4.99 Å². The van der Waals surface area contributed by atoms with Gasteiger partial charge in [0, 0.05) is 22.9 Å². The average Bonchev–Trinajstić information content (AvgIpc) is 2.96. The minimum atomic E-state index is -0.261. The summed E-state index contributed by atoms with van der Waals surface area (Å²) >= 11 is 9.35. The van der Waals surface area contributed by atoms with Crippen LogP contribution in [0, 0.1) is 0 Å². The van der Waals surface area contributed by atoms with Crippen LogP contribution >= 0.6 is 34.7 Å². The number of rotatable bonds is 6. The number of halogens is 1. The average molecular weight is 407 g/mol. The van der Waals surface area contributed by atoms with E-state index in [9.17, 15) is 4.79 Å². The molecule has 2 aromatic carbocycles. The van der Waals surface area contributed by atoms with Crippen molar-refractivity contribution in [3.8, 4) is 5.75 Å². The number of carbonyl (C=O) groups excluding carboxylic acids is 1. The Labute approximate surface area is 165 Å². The van der Waals surface area contributed by atoms with Gasteiger partial charge in [0.1, 0.15) is 5.75 Å². The largest absolute Gasteiger partial charge is 0.494 e. The van der Waals surface area contributed by atoms with E-state index in [-0.39, 0.29) is 5.91 Å². The highest BCUT2D eigenvalue weighted by Gasteiger charge is 2.10. The van der Waals surface area contributed by atoms with Gasteiger partial charge in [-0.1, -0.05) is 22.9 Å². The molecule has 0 atom stereocenters. The number of benzene rings is 2. The van der Waals surface area contributed by atoms with Gasteiger partial charge in [0.25, 0.3) is 5.91 Å². The highest BCUT2D eigenvalue weighted by atomic mass is 35.5. The molecule has 1 heterocycles. The lowest BCUT2D eigenvalue weighted by molar-refractivity contribution is 0.0998. The van der Waals surface area contributed by atoms with Gasteiger partial charge in [-0.25, -0.2) is 0 Å². The van der Waals surface area contributed by atoms with E-state index in [1.165, 1.54) is 11.3 Å². The van der Waals surface area contributed by atoms with Crippen LogP contribution in [0.15, 0.2) is 47.5 Å². The van der Waals surface area contributed by atoms with Gasteiger partial charge in [0.2, 0.25) is 0 Å². The van der Waals surface area contributed by atoms with E-state index >= 15 is 0 Å². The summed E-state index contributed by atoms with van der Waals surface area (Å²) in [5.41, 5.74) is 1.59. The highest BCUT2D eigenvalue weighted by molar-refractivity contribution is 7.98. The van der Waals surface area contributed by atoms with Crippen molar-refractivity contribution in [3.63, 3.8) is 0 Å². The molecule has 0 aliphatic rings. The van der Waals surface area contributed by atoms with Crippen molar-refractivity contribution < 1.29 is 9.53 Å². The summed E-state index contributed by atoms with van der Waals surface area (Å²) in [6, 6.07) is 12.8. The fraction of sp³-hybridized carbons (Fsp3) is 0.263. The van der Waals surface area contributed by atoms with E-state index in [2.05, 4.69) is 15.8 Å². The molecule has 0 aliphatic heterocycles. The predicted molar refractivity (Wildman–Crippen MR) is 111 cm³/mol. The number of ether oxygens (including phenoxy) is 1. The summed E-state index contributed by atoms with van der Waals surface area (Å²) in [7, 11) is 0. The smallest absolute Gasteiger partial charge is 0.279 e. The second-order valence-corrected chi connectivity index (χ2v) is 7.95. The number of aryl methyl sites for hydroxylation is 1. The van der Waals surface area contributed by atoms with Crippen LogP contribution in [0.25, 0.3) is 10.2 Å². The number of thioether (sulfide) groups is 1. The number of thiazole rings is 1. The van der Waals surface area contributed by atoms with Gasteiger partial charge >= 0.3 is 0 Å². The van der Waals surface area contributed by atoms with E-state index in [4.69, 9.17) is 16.3 Å². The maximum atomic E-state index is 12.6. The number of fused-ring (bicyclic) bond motifs is 1. The van der Waals surface area contributed by atoms with Gasteiger partial charge in [-0.2, -0.15) is 16.8 Å². The van der Waals surface area contributed by atoms with Crippen LogP contribution in [-0.4, -0.2) is 29.1 Å². The van der Waals surface area contributed by atoms with Crippen molar-refractivity contribution >= 4 is 50.8 Å². The van der Waals surface area contributed by atoms with E-state index < -0.39 is 0 Å². The molecule has 7 heteroatoms. The molecule has 0 bridgehead atoms. The second kappa shape index (κ2) is 8.75. The van der Waals surface area contributed by atoms with Gasteiger partial charge in [0.05, 0.1) is 16.8 Å². The molecular weight excluding hydrogens is 388 g/mol. The third kappa shape index (κ3) is 4.31. The van der Waals surface area contributed by atoms with Crippen LogP contribution in [0.5, 0.6) is 5.75 Å². The van der Waals surface area contributed by atoms with Crippen LogP contribution in [0.3, 0.4) is 0 Å². The van der Waals surface area contributed by atoms with E-state index in [1.54, 1.807) is 36.0 Å². The molecule has 0 radical (unpaired) electrons. The SMILES string of the molecule is CCOc1ccc(C(=O)N=c2sc3cc(Cl)ccc3n2CCSC)cc1. The van der Waals surface area contributed by atoms with Crippen molar-refractivity contribution in [1.29, 1.82) is 0 Å². The zero-order chi connectivity index (χ0) is 18.5. The Morgan fingerprint density at radius 2 is 2.04 bits per heavy atom. The molecule has 3 aromatic rings. The first kappa shape index (κ1) is 19.0. The zero-order valence-electron chi connectivity index (χ0n) is 14.6. The van der Waals surface area contributed by atoms with E-state index in [1.807, 2.05) is 25.1 Å². The maximum Gasteiger partial charge on any atom is 0.279 e. The van der Waals surface area contributed by atoms with Crippen molar-refractivity contribution in [3.05, 3.63) is 57.9 Å². The number of hydrogen-bond acceptors (Lipinski definition) is 4. The second-order valence-electron chi connectivity index (χ2n) is 5.52. The predicted octanol–water partition coefficient (Wildman–Crippen LogP) is 4.86. The van der Waals surface area contributed by atoms with E-state index in [0.29, 0.717) is 22.0 Å². The Balaban J connectivity index is 2.00. The summed E-state index contributed by atoms with van der Waals surface area (Å²) in [6.07, 6.45) is 2.06. The maximum absolute atomic E-state index is 12.6. The Morgan fingerprint density at radius 1 is 1.27 bits per heavy atom. The molecule has 0 saturated carbocycles. The quantitative estimate of drug-likeness (QED) is 0.587. The summed E-state index contributed by atoms with van der Waals surface area (Å²) in [4.78, 5) is 17.7. The molecule has 1 aromatic heterocycles. The molecule has 3 rings (SSSR count). The molecular formula is C19H19ClN2O2S2. The molecule has 0 saturated heterocycles. The molecule has 1 amide bonds. The van der Waals surface area contributed by atoms with Crippen LogP contribution in [0.1, 0.15) is 17.3 Å². The summed E-state index contributed by atoms with van der Waals surface area (Å²) in [6.45, 7) is 3.31. The van der Waals surface area contributed by atoms with E-state index in [0.717, 1.165) is 28.3 Å². The normalized spacial score (nSPS) is 11.9. The minimum absolute atomic E-state index is 0.261. The van der Waals surface area contributed by atoms with Crippen molar-refractivity contribution in [1.82, 2.24) is 4.57 Å². The number of hydrogen-bond donors (Lipinski definition) is 0. The zero-order valence-corrected chi connectivity index (χ0v) is 17.0. The monoisotopic (exact) mass is 406 g/mol. The summed E-state index contributed by atoms with van der Waals surface area (Å²) < 4.78 is 8.52. The van der Waals surface area contributed by atoms with Gasteiger partial charge in [-0.3, -0.25) is 4.79 Å². The lowest BCUT2D eigenvalue weighted by Gasteiger charge is -2.04. The first-order chi connectivity index (χ1) is 12.6. The molecule has 0 unspecified atom stereocenters. The molecule has 0 spiro atoms.